The molecule has 0 amide bonds. The summed E-state index contributed by atoms with van der Waals surface area (Å²) < 4.78 is 14.7. The molecule has 0 radical (unpaired) electrons. The molecular formula is C14H10Br2ClF. The molecule has 0 aliphatic rings. The predicted molar refractivity (Wildman–Crippen MR) is 80.7 cm³/mol. The monoisotopic (exact) mass is 390 g/mol. The van der Waals surface area contributed by atoms with Gasteiger partial charge in [-0.15, -0.1) is 11.6 Å². The molecular weight excluding hydrogens is 382 g/mol. The maximum atomic E-state index is 13.2. The standard InChI is InChI=1S/C14H10Br2ClF/c1-8-10(3-2-4-11(8)15)14(17)9-5-6-13(18)12(16)7-9/h2-7,14H,1H3. The van der Waals surface area contributed by atoms with Gasteiger partial charge in [-0.3, -0.25) is 0 Å². The van der Waals surface area contributed by atoms with Gasteiger partial charge in [0.2, 0.25) is 0 Å². The molecule has 1 unspecified atom stereocenters. The number of hydrogen-bond acceptors (Lipinski definition) is 0. The van der Waals surface area contributed by atoms with Crippen molar-refractivity contribution in [2.75, 3.05) is 0 Å². The highest BCUT2D eigenvalue weighted by atomic mass is 79.9. The smallest absolute Gasteiger partial charge is 0.137 e. The Balaban J connectivity index is 2.44. The first kappa shape index (κ1) is 14.0. The zero-order valence-electron chi connectivity index (χ0n) is 9.55. The molecule has 0 bridgehead atoms. The third-order valence-corrected chi connectivity index (χ3v) is 4.77. The minimum absolute atomic E-state index is 0.284. The minimum Gasteiger partial charge on any atom is -0.206 e. The van der Waals surface area contributed by atoms with Gasteiger partial charge in [-0.1, -0.05) is 34.1 Å². The molecule has 94 valence electrons. The van der Waals surface area contributed by atoms with E-state index in [-0.39, 0.29) is 11.2 Å². The van der Waals surface area contributed by atoms with Gasteiger partial charge in [0.1, 0.15) is 5.82 Å². The second-order valence-electron chi connectivity index (χ2n) is 3.99. The number of alkyl halides is 1. The average molecular weight is 392 g/mol. The molecule has 0 aliphatic carbocycles. The molecule has 0 spiro atoms. The lowest BCUT2D eigenvalue weighted by Crippen LogP contribution is -1.97. The summed E-state index contributed by atoms with van der Waals surface area (Å²) in [5.74, 6) is -0.284. The number of halogens is 4. The molecule has 4 heteroatoms. The van der Waals surface area contributed by atoms with Gasteiger partial charge in [0.15, 0.2) is 0 Å². The fourth-order valence-electron chi connectivity index (χ4n) is 1.75. The van der Waals surface area contributed by atoms with Crippen LogP contribution in [0.15, 0.2) is 45.3 Å². The summed E-state index contributed by atoms with van der Waals surface area (Å²) in [4.78, 5) is 0. The van der Waals surface area contributed by atoms with Crippen molar-refractivity contribution in [1.82, 2.24) is 0 Å². The topological polar surface area (TPSA) is 0 Å². The largest absolute Gasteiger partial charge is 0.206 e. The molecule has 0 heterocycles. The van der Waals surface area contributed by atoms with Crippen LogP contribution in [0.4, 0.5) is 4.39 Å². The molecule has 0 aliphatic heterocycles. The summed E-state index contributed by atoms with van der Waals surface area (Å²) in [6.45, 7) is 2.01. The summed E-state index contributed by atoms with van der Waals surface area (Å²) >= 11 is 13.1. The first-order valence-electron chi connectivity index (χ1n) is 5.34. The first-order valence-corrected chi connectivity index (χ1v) is 7.37. The summed E-state index contributed by atoms with van der Waals surface area (Å²) in [5, 5.41) is -0.292. The third-order valence-electron chi connectivity index (χ3n) is 2.82. The van der Waals surface area contributed by atoms with E-state index in [1.807, 2.05) is 25.1 Å². The van der Waals surface area contributed by atoms with Crippen molar-refractivity contribution in [3.05, 3.63) is 67.9 Å². The van der Waals surface area contributed by atoms with Crippen molar-refractivity contribution in [3.63, 3.8) is 0 Å². The Kier molecular flexibility index (Phi) is 4.46. The number of hydrogen-bond donors (Lipinski definition) is 0. The molecule has 0 fully saturated rings. The van der Waals surface area contributed by atoms with Crippen LogP contribution in [-0.2, 0) is 0 Å². The maximum absolute atomic E-state index is 13.2. The van der Waals surface area contributed by atoms with Crippen molar-refractivity contribution >= 4 is 43.5 Å². The Morgan fingerprint density at radius 1 is 1.11 bits per heavy atom. The Bertz CT molecular complexity index is 584. The Labute approximate surface area is 127 Å². The molecule has 18 heavy (non-hydrogen) atoms. The van der Waals surface area contributed by atoms with E-state index >= 15 is 0 Å². The maximum Gasteiger partial charge on any atom is 0.137 e. The van der Waals surface area contributed by atoms with E-state index in [0.29, 0.717) is 4.47 Å². The second kappa shape index (κ2) is 5.72. The first-order chi connectivity index (χ1) is 8.50. The fourth-order valence-corrected chi connectivity index (χ4v) is 2.90. The number of rotatable bonds is 2. The van der Waals surface area contributed by atoms with Gasteiger partial charge in [0.25, 0.3) is 0 Å². The van der Waals surface area contributed by atoms with Crippen LogP contribution >= 0.6 is 43.5 Å². The molecule has 0 saturated carbocycles. The van der Waals surface area contributed by atoms with E-state index in [1.54, 1.807) is 12.1 Å². The quantitative estimate of drug-likeness (QED) is 0.551. The van der Waals surface area contributed by atoms with Gasteiger partial charge in [-0.2, -0.15) is 0 Å². The van der Waals surface area contributed by atoms with E-state index in [2.05, 4.69) is 31.9 Å². The lowest BCUT2D eigenvalue weighted by molar-refractivity contribution is 0.620. The van der Waals surface area contributed by atoms with Crippen LogP contribution in [0.3, 0.4) is 0 Å². The van der Waals surface area contributed by atoms with E-state index in [1.165, 1.54) is 6.07 Å². The summed E-state index contributed by atoms with van der Waals surface area (Å²) in [6, 6.07) is 10.7. The highest BCUT2D eigenvalue weighted by Gasteiger charge is 2.15. The average Bonchev–Trinajstić information content (AvgIpc) is 2.35. The summed E-state index contributed by atoms with van der Waals surface area (Å²) in [6.07, 6.45) is 0. The molecule has 0 nitrogen and oxygen atoms in total. The lowest BCUT2D eigenvalue weighted by atomic mass is 10.00. The van der Waals surface area contributed by atoms with Gasteiger partial charge in [0.05, 0.1) is 9.85 Å². The highest BCUT2D eigenvalue weighted by Crippen LogP contribution is 2.35. The van der Waals surface area contributed by atoms with E-state index < -0.39 is 0 Å². The number of benzene rings is 2. The molecule has 1 atom stereocenters. The molecule has 0 saturated heterocycles. The van der Waals surface area contributed by atoms with Crippen LogP contribution in [-0.4, -0.2) is 0 Å². The van der Waals surface area contributed by atoms with Gasteiger partial charge in [-0.05, 0) is 57.7 Å². The lowest BCUT2D eigenvalue weighted by Gasteiger charge is -2.14. The van der Waals surface area contributed by atoms with E-state index in [0.717, 1.165) is 21.2 Å². The highest BCUT2D eigenvalue weighted by molar-refractivity contribution is 9.10. The summed E-state index contributed by atoms with van der Waals surface area (Å²) in [7, 11) is 0. The van der Waals surface area contributed by atoms with Crippen LogP contribution in [0.2, 0.25) is 0 Å². The van der Waals surface area contributed by atoms with Gasteiger partial charge >= 0.3 is 0 Å². The molecule has 2 aromatic carbocycles. The van der Waals surface area contributed by atoms with Crippen molar-refractivity contribution in [2.45, 2.75) is 12.3 Å². The van der Waals surface area contributed by atoms with Gasteiger partial charge < -0.3 is 0 Å². The van der Waals surface area contributed by atoms with Gasteiger partial charge in [-0.25, -0.2) is 4.39 Å². The molecule has 2 aromatic rings. The van der Waals surface area contributed by atoms with Crippen LogP contribution in [0, 0.1) is 12.7 Å². The van der Waals surface area contributed by atoms with Gasteiger partial charge in [0, 0.05) is 4.47 Å². The summed E-state index contributed by atoms with van der Waals surface area (Å²) in [5.41, 5.74) is 2.98. The SMILES string of the molecule is Cc1c(Br)cccc1C(Cl)c1ccc(F)c(Br)c1. The zero-order valence-corrected chi connectivity index (χ0v) is 13.5. The Hall–Kier alpha value is -0.380. The van der Waals surface area contributed by atoms with Crippen molar-refractivity contribution in [3.8, 4) is 0 Å². The zero-order chi connectivity index (χ0) is 13.3. The van der Waals surface area contributed by atoms with Crippen molar-refractivity contribution in [2.24, 2.45) is 0 Å². The Morgan fingerprint density at radius 2 is 1.83 bits per heavy atom. The predicted octanol–water partition coefficient (Wildman–Crippen LogP) is 5.99. The van der Waals surface area contributed by atoms with E-state index in [4.69, 9.17) is 11.6 Å². The van der Waals surface area contributed by atoms with Crippen molar-refractivity contribution in [1.29, 1.82) is 0 Å². The van der Waals surface area contributed by atoms with E-state index in [9.17, 15) is 4.39 Å². The van der Waals surface area contributed by atoms with Crippen LogP contribution in [0.25, 0.3) is 0 Å². The van der Waals surface area contributed by atoms with Crippen LogP contribution in [0.5, 0.6) is 0 Å². The second-order valence-corrected chi connectivity index (χ2v) is 6.14. The normalized spacial score (nSPS) is 12.5. The molecule has 2 rings (SSSR count). The minimum atomic E-state index is -0.292. The molecule has 0 N–H and O–H groups in total. The molecule has 0 aromatic heterocycles. The van der Waals surface area contributed by atoms with Crippen LogP contribution < -0.4 is 0 Å². The Morgan fingerprint density at radius 3 is 2.50 bits per heavy atom. The van der Waals surface area contributed by atoms with Crippen LogP contribution in [0.1, 0.15) is 22.1 Å². The fraction of sp³-hybridized carbons (Fsp3) is 0.143. The third kappa shape index (κ3) is 2.79. The van der Waals surface area contributed by atoms with Crippen molar-refractivity contribution < 1.29 is 4.39 Å².